The second-order valence-corrected chi connectivity index (χ2v) is 8.61. The SMILES string of the molecule is NCC1(c2cccc(-c3ncnc4[nH]ccc34)c2)Cc2ccc(-c3cccnc3)cc2C1. The van der Waals surface area contributed by atoms with Gasteiger partial charge in [0.25, 0.3) is 0 Å². The Balaban J connectivity index is 1.39. The normalized spacial score (nSPS) is 17.5. The van der Waals surface area contributed by atoms with E-state index in [4.69, 9.17) is 5.73 Å². The minimum absolute atomic E-state index is 0.115. The van der Waals surface area contributed by atoms with Crippen LogP contribution in [0.3, 0.4) is 0 Å². The van der Waals surface area contributed by atoms with Gasteiger partial charge in [0.2, 0.25) is 0 Å². The lowest BCUT2D eigenvalue weighted by atomic mass is 9.77. The predicted molar refractivity (Wildman–Crippen MR) is 127 cm³/mol. The number of nitrogens with zero attached hydrogens (tertiary/aromatic N) is 3. The van der Waals surface area contributed by atoms with E-state index in [1.807, 2.05) is 30.7 Å². The highest BCUT2D eigenvalue weighted by Gasteiger charge is 2.38. The zero-order valence-corrected chi connectivity index (χ0v) is 17.6. The van der Waals surface area contributed by atoms with Crippen molar-refractivity contribution in [3.63, 3.8) is 0 Å². The van der Waals surface area contributed by atoms with Gasteiger partial charge in [0.15, 0.2) is 0 Å². The first-order valence-corrected chi connectivity index (χ1v) is 10.9. The number of nitrogens with two attached hydrogens (primary N) is 1. The molecule has 3 heterocycles. The van der Waals surface area contributed by atoms with Crippen molar-refractivity contribution in [1.82, 2.24) is 19.9 Å². The number of aromatic nitrogens is 4. The van der Waals surface area contributed by atoms with Gasteiger partial charge in [-0.3, -0.25) is 4.98 Å². The maximum absolute atomic E-state index is 6.45. The zero-order chi connectivity index (χ0) is 21.5. The molecule has 0 aliphatic heterocycles. The van der Waals surface area contributed by atoms with Crippen molar-refractivity contribution < 1.29 is 0 Å². The van der Waals surface area contributed by atoms with Crippen molar-refractivity contribution in [3.05, 3.63) is 102 Å². The number of aromatic amines is 1. The van der Waals surface area contributed by atoms with E-state index < -0.39 is 0 Å². The predicted octanol–water partition coefficient (Wildman–Crippen LogP) is 4.68. The third-order valence-electron chi connectivity index (χ3n) is 6.75. The maximum Gasteiger partial charge on any atom is 0.141 e. The molecule has 0 amide bonds. The number of H-pyrrole nitrogens is 1. The van der Waals surface area contributed by atoms with Gasteiger partial charge in [0, 0.05) is 41.5 Å². The lowest BCUT2D eigenvalue weighted by molar-refractivity contribution is 0.464. The van der Waals surface area contributed by atoms with Gasteiger partial charge in [-0.15, -0.1) is 0 Å². The number of rotatable bonds is 4. The summed E-state index contributed by atoms with van der Waals surface area (Å²) < 4.78 is 0. The quantitative estimate of drug-likeness (QED) is 0.445. The Hall–Kier alpha value is -3.83. The maximum atomic E-state index is 6.45. The lowest BCUT2D eigenvalue weighted by Crippen LogP contribution is -2.36. The Kier molecular flexibility index (Phi) is 4.37. The van der Waals surface area contributed by atoms with Crippen LogP contribution >= 0.6 is 0 Å². The van der Waals surface area contributed by atoms with Crippen molar-refractivity contribution >= 4 is 11.0 Å². The molecule has 1 atom stereocenters. The fourth-order valence-electron chi connectivity index (χ4n) is 5.03. The Morgan fingerprint density at radius 1 is 0.875 bits per heavy atom. The smallest absolute Gasteiger partial charge is 0.141 e. The van der Waals surface area contributed by atoms with E-state index in [0.29, 0.717) is 6.54 Å². The monoisotopic (exact) mass is 417 g/mol. The van der Waals surface area contributed by atoms with E-state index in [-0.39, 0.29) is 5.41 Å². The van der Waals surface area contributed by atoms with Crippen LogP contribution < -0.4 is 5.73 Å². The van der Waals surface area contributed by atoms with E-state index in [1.165, 1.54) is 22.3 Å². The summed E-state index contributed by atoms with van der Waals surface area (Å²) in [6, 6.07) is 21.6. The summed E-state index contributed by atoms with van der Waals surface area (Å²) in [6.45, 7) is 0.594. The molecular formula is C27H23N5. The van der Waals surface area contributed by atoms with Crippen LogP contribution in [0, 0.1) is 0 Å². The number of fused-ring (bicyclic) bond motifs is 2. The number of nitrogens with one attached hydrogen (secondary N) is 1. The van der Waals surface area contributed by atoms with Gasteiger partial charge >= 0.3 is 0 Å². The first-order valence-electron chi connectivity index (χ1n) is 10.9. The Labute approximate surface area is 186 Å². The molecule has 0 radical (unpaired) electrons. The molecule has 2 aromatic carbocycles. The third kappa shape index (κ3) is 3.01. The fraction of sp³-hybridized carbons (Fsp3) is 0.148. The molecule has 3 aromatic heterocycles. The highest BCUT2D eigenvalue weighted by atomic mass is 14.9. The lowest BCUT2D eigenvalue weighted by Gasteiger charge is -2.28. The second-order valence-electron chi connectivity index (χ2n) is 8.61. The molecule has 0 spiro atoms. The topological polar surface area (TPSA) is 80.5 Å². The molecule has 0 fully saturated rings. The molecule has 5 heteroatoms. The van der Waals surface area contributed by atoms with Crippen molar-refractivity contribution in [2.24, 2.45) is 5.73 Å². The number of benzene rings is 2. The average Bonchev–Trinajstić information content (AvgIpc) is 3.49. The van der Waals surface area contributed by atoms with Crippen LogP contribution in [0.2, 0.25) is 0 Å². The van der Waals surface area contributed by atoms with E-state index >= 15 is 0 Å². The first kappa shape index (κ1) is 18.9. The Bertz CT molecular complexity index is 1420. The van der Waals surface area contributed by atoms with Crippen molar-refractivity contribution in [3.8, 4) is 22.4 Å². The number of hydrogen-bond acceptors (Lipinski definition) is 4. The van der Waals surface area contributed by atoms with Gasteiger partial charge in [0.05, 0.1) is 5.69 Å². The molecule has 156 valence electrons. The summed E-state index contributed by atoms with van der Waals surface area (Å²) >= 11 is 0. The molecule has 3 N–H and O–H groups in total. The van der Waals surface area contributed by atoms with E-state index in [0.717, 1.165) is 40.7 Å². The van der Waals surface area contributed by atoms with E-state index in [2.05, 4.69) is 68.5 Å². The molecule has 1 unspecified atom stereocenters. The van der Waals surface area contributed by atoms with Crippen LogP contribution in [-0.4, -0.2) is 26.5 Å². The highest BCUT2D eigenvalue weighted by molar-refractivity contribution is 5.90. The Morgan fingerprint density at radius 3 is 2.66 bits per heavy atom. The molecule has 0 saturated carbocycles. The van der Waals surface area contributed by atoms with Gasteiger partial charge in [-0.1, -0.05) is 42.5 Å². The summed E-state index contributed by atoms with van der Waals surface area (Å²) in [5.41, 5.74) is 15.6. The van der Waals surface area contributed by atoms with Gasteiger partial charge in [-0.25, -0.2) is 9.97 Å². The molecule has 0 saturated heterocycles. The molecule has 1 aliphatic rings. The van der Waals surface area contributed by atoms with Crippen LogP contribution in [0.4, 0.5) is 0 Å². The zero-order valence-electron chi connectivity index (χ0n) is 17.6. The van der Waals surface area contributed by atoms with Crippen LogP contribution in [0.15, 0.2) is 85.6 Å². The molecule has 5 aromatic rings. The van der Waals surface area contributed by atoms with E-state index in [9.17, 15) is 0 Å². The molecule has 32 heavy (non-hydrogen) atoms. The van der Waals surface area contributed by atoms with Crippen molar-refractivity contribution in [2.75, 3.05) is 6.54 Å². The van der Waals surface area contributed by atoms with Crippen molar-refractivity contribution in [1.29, 1.82) is 0 Å². The highest BCUT2D eigenvalue weighted by Crippen LogP contribution is 2.41. The molecular weight excluding hydrogens is 394 g/mol. The second kappa shape index (κ2) is 7.39. The van der Waals surface area contributed by atoms with Crippen molar-refractivity contribution in [2.45, 2.75) is 18.3 Å². The van der Waals surface area contributed by atoms with Crippen LogP contribution in [0.25, 0.3) is 33.4 Å². The molecule has 6 rings (SSSR count). The van der Waals surface area contributed by atoms with Gasteiger partial charge in [-0.05, 0) is 58.9 Å². The number of pyridine rings is 1. The standard InChI is InChI=1S/C27H23N5/c28-16-27(13-20-7-6-18(11-22(20)14-27)21-4-2-9-29-15-21)23-5-1-3-19(12-23)25-24-8-10-30-26(24)32-17-31-25/h1-12,15,17H,13-14,16,28H2,(H,30,31,32). The van der Waals surface area contributed by atoms with Gasteiger partial charge in [0.1, 0.15) is 12.0 Å². The van der Waals surface area contributed by atoms with Crippen LogP contribution in [0.1, 0.15) is 16.7 Å². The minimum atomic E-state index is -0.115. The molecule has 5 nitrogen and oxygen atoms in total. The Morgan fingerprint density at radius 2 is 1.78 bits per heavy atom. The first-order chi connectivity index (χ1) is 15.8. The van der Waals surface area contributed by atoms with E-state index in [1.54, 1.807) is 6.33 Å². The van der Waals surface area contributed by atoms with Gasteiger partial charge < -0.3 is 10.7 Å². The summed E-state index contributed by atoms with van der Waals surface area (Å²) in [4.78, 5) is 16.4. The summed E-state index contributed by atoms with van der Waals surface area (Å²) in [5.74, 6) is 0. The summed E-state index contributed by atoms with van der Waals surface area (Å²) in [5, 5.41) is 1.03. The number of hydrogen-bond donors (Lipinski definition) is 2. The van der Waals surface area contributed by atoms with Gasteiger partial charge in [-0.2, -0.15) is 0 Å². The van der Waals surface area contributed by atoms with Crippen LogP contribution in [0.5, 0.6) is 0 Å². The largest absolute Gasteiger partial charge is 0.346 e. The average molecular weight is 418 g/mol. The fourth-order valence-corrected chi connectivity index (χ4v) is 5.03. The summed E-state index contributed by atoms with van der Waals surface area (Å²) in [6.07, 6.45) is 9.12. The molecule has 1 aliphatic carbocycles. The minimum Gasteiger partial charge on any atom is -0.346 e. The summed E-state index contributed by atoms with van der Waals surface area (Å²) in [7, 11) is 0. The molecule has 0 bridgehead atoms. The van der Waals surface area contributed by atoms with Crippen LogP contribution in [-0.2, 0) is 18.3 Å². The third-order valence-corrected chi connectivity index (χ3v) is 6.75.